The largest absolute Gasteiger partial charge is 0.481 e. The molecule has 17 heavy (non-hydrogen) atoms. The predicted molar refractivity (Wildman–Crippen MR) is 64.1 cm³/mol. The summed E-state index contributed by atoms with van der Waals surface area (Å²) in [5.41, 5.74) is 0.885. The molecule has 0 aliphatic carbocycles. The van der Waals surface area contributed by atoms with Gasteiger partial charge in [0.2, 0.25) is 0 Å². The average molecular weight is 260 g/mol. The Morgan fingerprint density at radius 3 is 2.47 bits per heavy atom. The zero-order valence-electron chi connectivity index (χ0n) is 9.09. The molecule has 0 aliphatic rings. The summed E-state index contributed by atoms with van der Waals surface area (Å²) in [6.07, 6.45) is -0.717. The Morgan fingerprint density at radius 2 is 1.88 bits per heavy atom. The Hall–Kier alpha value is -1.75. The van der Waals surface area contributed by atoms with Crippen molar-refractivity contribution in [3.8, 4) is 0 Å². The molecule has 1 aromatic carbocycles. The van der Waals surface area contributed by atoms with E-state index < -0.39 is 12.1 Å². The molecule has 0 spiro atoms. The molecule has 1 aromatic rings. The fourth-order valence-corrected chi connectivity index (χ4v) is 1.05. The van der Waals surface area contributed by atoms with Crippen molar-refractivity contribution in [3.63, 3.8) is 0 Å². The van der Waals surface area contributed by atoms with Gasteiger partial charge in [0.05, 0.1) is 6.42 Å². The molecule has 0 unspecified atom stereocenters. The van der Waals surface area contributed by atoms with Crippen molar-refractivity contribution in [2.75, 3.05) is 6.54 Å². The molecule has 6 heteroatoms. The first-order chi connectivity index (χ1) is 7.68. The van der Waals surface area contributed by atoms with Crippen molar-refractivity contribution in [2.24, 2.45) is 0 Å². The van der Waals surface area contributed by atoms with E-state index in [9.17, 15) is 9.59 Å². The number of carboxylic acid groups (broad SMARTS) is 1. The maximum atomic E-state index is 11.1. The van der Waals surface area contributed by atoms with Gasteiger partial charge in [-0.1, -0.05) is 30.3 Å². The van der Waals surface area contributed by atoms with Crippen molar-refractivity contribution in [1.29, 1.82) is 0 Å². The lowest BCUT2D eigenvalue weighted by atomic mass is 10.2. The third kappa shape index (κ3) is 7.19. The first-order valence-corrected chi connectivity index (χ1v) is 4.85. The van der Waals surface area contributed by atoms with Gasteiger partial charge in [-0.05, 0) is 5.56 Å². The molecule has 0 fully saturated rings. The minimum Gasteiger partial charge on any atom is -0.481 e. The van der Waals surface area contributed by atoms with Crippen molar-refractivity contribution < 1.29 is 19.4 Å². The molecule has 1 rings (SSSR count). The van der Waals surface area contributed by atoms with Crippen LogP contribution in [0.25, 0.3) is 0 Å². The monoisotopic (exact) mass is 259 g/mol. The number of rotatable bonds is 5. The number of carbonyl (C=O) groups is 2. The van der Waals surface area contributed by atoms with Gasteiger partial charge in [0.1, 0.15) is 6.61 Å². The molecule has 0 atom stereocenters. The minimum atomic E-state index is -0.955. The van der Waals surface area contributed by atoms with Crippen LogP contribution in [-0.2, 0) is 16.1 Å². The van der Waals surface area contributed by atoms with Crippen molar-refractivity contribution >= 4 is 24.5 Å². The van der Waals surface area contributed by atoms with E-state index in [1.54, 1.807) is 0 Å². The van der Waals surface area contributed by atoms with Gasteiger partial charge in [-0.3, -0.25) is 4.79 Å². The summed E-state index contributed by atoms with van der Waals surface area (Å²) in [5.74, 6) is -0.955. The number of alkyl carbamates (subject to hydrolysis) is 1. The fourth-order valence-electron chi connectivity index (χ4n) is 1.05. The second-order valence-corrected chi connectivity index (χ2v) is 3.13. The molecule has 2 N–H and O–H groups in total. The lowest BCUT2D eigenvalue weighted by Crippen LogP contribution is -2.26. The van der Waals surface area contributed by atoms with E-state index in [2.05, 4.69) is 5.32 Å². The maximum Gasteiger partial charge on any atom is 0.407 e. The summed E-state index contributed by atoms with van der Waals surface area (Å²) in [7, 11) is 0. The lowest BCUT2D eigenvalue weighted by Gasteiger charge is -2.05. The molecular formula is C11H14ClNO4. The van der Waals surface area contributed by atoms with Crippen LogP contribution < -0.4 is 5.32 Å². The molecule has 0 aromatic heterocycles. The number of hydrogen-bond donors (Lipinski definition) is 2. The molecule has 5 nitrogen and oxygen atoms in total. The first kappa shape index (κ1) is 15.2. The number of hydrogen-bond acceptors (Lipinski definition) is 3. The molecule has 0 aliphatic heterocycles. The highest BCUT2D eigenvalue weighted by Crippen LogP contribution is 2.00. The van der Waals surface area contributed by atoms with E-state index >= 15 is 0 Å². The summed E-state index contributed by atoms with van der Waals surface area (Å²) >= 11 is 0. The smallest absolute Gasteiger partial charge is 0.407 e. The van der Waals surface area contributed by atoms with Gasteiger partial charge in [0.15, 0.2) is 0 Å². The zero-order valence-corrected chi connectivity index (χ0v) is 9.90. The van der Waals surface area contributed by atoms with Gasteiger partial charge in [0.25, 0.3) is 0 Å². The van der Waals surface area contributed by atoms with Crippen LogP contribution in [0, 0.1) is 0 Å². The maximum absolute atomic E-state index is 11.1. The average Bonchev–Trinajstić information content (AvgIpc) is 2.27. The highest BCUT2D eigenvalue weighted by molar-refractivity contribution is 5.85. The number of amides is 1. The van der Waals surface area contributed by atoms with Gasteiger partial charge in [-0.25, -0.2) is 4.79 Å². The summed E-state index contributed by atoms with van der Waals surface area (Å²) in [6.45, 7) is 0.253. The minimum absolute atomic E-state index is 0. The third-order valence-corrected chi connectivity index (χ3v) is 1.82. The Bertz CT molecular complexity index is 356. The lowest BCUT2D eigenvalue weighted by molar-refractivity contribution is -0.136. The zero-order chi connectivity index (χ0) is 11.8. The molecule has 0 heterocycles. The van der Waals surface area contributed by atoms with Crippen LogP contribution in [0.15, 0.2) is 30.3 Å². The normalized spacial score (nSPS) is 8.94. The second-order valence-electron chi connectivity index (χ2n) is 3.13. The van der Waals surface area contributed by atoms with Crippen LogP contribution in [0.4, 0.5) is 4.79 Å². The van der Waals surface area contributed by atoms with Gasteiger partial charge >= 0.3 is 12.1 Å². The topological polar surface area (TPSA) is 75.6 Å². The van der Waals surface area contributed by atoms with Crippen LogP contribution in [0.5, 0.6) is 0 Å². The van der Waals surface area contributed by atoms with E-state index in [4.69, 9.17) is 9.84 Å². The van der Waals surface area contributed by atoms with Crippen LogP contribution in [0.2, 0.25) is 0 Å². The number of nitrogens with one attached hydrogen (secondary N) is 1. The van der Waals surface area contributed by atoms with Crippen LogP contribution in [0.1, 0.15) is 12.0 Å². The fraction of sp³-hybridized carbons (Fsp3) is 0.273. The van der Waals surface area contributed by atoms with Crippen molar-refractivity contribution in [1.82, 2.24) is 5.32 Å². The Morgan fingerprint density at radius 1 is 1.24 bits per heavy atom. The van der Waals surface area contributed by atoms with Crippen LogP contribution >= 0.6 is 12.4 Å². The molecule has 94 valence electrons. The number of ether oxygens (including phenoxy) is 1. The van der Waals surface area contributed by atoms with Crippen molar-refractivity contribution in [3.05, 3.63) is 35.9 Å². The molecule has 0 radical (unpaired) electrons. The van der Waals surface area contributed by atoms with Crippen LogP contribution in [0.3, 0.4) is 0 Å². The highest BCUT2D eigenvalue weighted by atomic mass is 35.5. The Kier molecular flexibility index (Phi) is 7.54. The second kappa shape index (κ2) is 8.41. The standard InChI is InChI=1S/C11H13NO4.ClH/c13-10(14)6-7-12-11(15)16-8-9-4-2-1-3-5-9;/h1-5H,6-8H2,(H,12,15)(H,13,14);1H. The summed E-state index contributed by atoms with van der Waals surface area (Å²) < 4.78 is 4.87. The number of benzene rings is 1. The van der Waals surface area contributed by atoms with Gasteiger partial charge in [0, 0.05) is 6.54 Å². The molecule has 1 amide bonds. The molecule has 0 bridgehead atoms. The molecule has 0 saturated heterocycles. The Labute approximate surface area is 105 Å². The van der Waals surface area contributed by atoms with Crippen molar-refractivity contribution in [2.45, 2.75) is 13.0 Å². The van der Waals surface area contributed by atoms with E-state index in [0.29, 0.717) is 0 Å². The number of carbonyl (C=O) groups excluding carboxylic acids is 1. The number of carboxylic acids is 1. The first-order valence-electron chi connectivity index (χ1n) is 4.85. The summed E-state index contributed by atoms with van der Waals surface area (Å²) in [5, 5.41) is 10.7. The highest BCUT2D eigenvalue weighted by Gasteiger charge is 2.03. The van der Waals surface area contributed by atoms with Gasteiger partial charge in [-0.2, -0.15) is 0 Å². The molecule has 0 saturated carbocycles. The van der Waals surface area contributed by atoms with E-state index in [1.165, 1.54) is 0 Å². The summed E-state index contributed by atoms with van der Waals surface area (Å²) in [4.78, 5) is 21.2. The Balaban J connectivity index is 0.00000256. The predicted octanol–water partition coefficient (Wildman–Crippen LogP) is 1.81. The molecular weight excluding hydrogens is 246 g/mol. The third-order valence-electron chi connectivity index (χ3n) is 1.82. The van der Waals surface area contributed by atoms with E-state index in [0.717, 1.165) is 5.56 Å². The number of aliphatic carboxylic acids is 1. The summed E-state index contributed by atoms with van der Waals surface area (Å²) in [6, 6.07) is 9.24. The SMILES string of the molecule is Cl.O=C(O)CCNC(=O)OCc1ccccc1. The van der Waals surface area contributed by atoms with E-state index in [-0.39, 0.29) is 32.0 Å². The number of halogens is 1. The van der Waals surface area contributed by atoms with Gasteiger partial charge in [-0.15, -0.1) is 12.4 Å². The quantitative estimate of drug-likeness (QED) is 0.846. The van der Waals surface area contributed by atoms with Crippen LogP contribution in [-0.4, -0.2) is 23.7 Å². The van der Waals surface area contributed by atoms with E-state index in [1.807, 2.05) is 30.3 Å². The van der Waals surface area contributed by atoms with Gasteiger partial charge < -0.3 is 15.2 Å².